The lowest BCUT2D eigenvalue weighted by Gasteiger charge is -2.33. The summed E-state index contributed by atoms with van der Waals surface area (Å²) in [7, 11) is -1.84. The molecule has 0 saturated carbocycles. The Bertz CT molecular complexity index is 2770. The summed E-state index contributed by atoms with van der Waals surface area (Å²) in [5.74, 6) is -3.39. The van der Waals surface area contributed by atoms with Gasteiger partial charge in [-0.15, -0.1) is 0 Å². The molecule has 1 aliphatic heterocycles. The Labute approximate surface area is 412 Å². The van der Waals surface area contributed by atoms with Crippen LogP contribution >= 0.6 is 0 Å². The number of benzene rings is 3. The van der Waals surface area contributed by atoms with E-state index in [0.717, 1.165) is 10.5 Å². The van der Waals surface area contributed by atoms with Crippen LogP contribution in [0.5, 0.6) is 17.2 Å². The number of aryl methyl sites for hydroxylation is 2. The molecule has 3 aromatic carbocycles. The minimum absolute atomic E-state index is 0.00248. The Kier molecular flexibility index (Phi) is 18.2. The summed E-state index contributed by atoms with van der Waals surface area (Å²) in [6, 6.07) is 11.5. The van der Waals surface area contributed by atoms with E-state index in [1.165, 1.54) is 27.1 Å². The van der Waals surface area contributed by atoms with Crippen molar-refractivity contribution in [3.05, 3.63) is 88.2 Å². The molecule has 0 saturated heterocycles. The van der Waals surface area contributed by atoms with Crippen molar-refractivity contribution >= 4 is 39.7 Å². The van der Waals surface area contributed by atoms with Crippen LogP contribution in [-0.4, -0.2) is 124 Å². The average Bonchev–Trinajstić information content (AvgIpc) is 3.31. The van der Waals surface area contributed by atoms with Crippen LogP contribution < -0.4 is 56.8 Å². The van der Waals surface area contributed by atoms with Crippen LogP contribution in [-0.2, 0) is 41.2 Å². The summed E-state index contributed by atoms with van der Waals surface area (Å²) >= 11 is 0. The van der Waals surface area contributed by atoms with Crippen molar-refractivity contribution in [1.29, 1.82) is 5.26 Å². The Balaban J connectivity index is 1.66. The average molecular weight is 999 g/mol. The molecule has 5 rings (SSSR count). The number of nitrogens with one attached hydrogen (secondary N) is 5. The van der Waals surface area contributed by atoms with Gasteiger partial charge in [-0.2, -0.15) is 18.4 Å². The quantitative estimate of drug-likeness (QED) is 0.0675. The summed E-state index contributed by atoms with van der Waals surface area (Å²) in [4.78, 5) is 81.5. The molecule has 0 fully saturated rings. The molecule has 0 aliphatic carbocycles. The molecule has 5 amide bonds. The number of likely N-dealkylation sites (N-methyl/N-ethyl adjacent to an activating group) is 1. The Morgan fingerprint density at radius 3 is 2.14 bits per heavy atom. The minimum Gasteiger partial charge on any atom is -0.492 e. The summed E-state index contributed by atoms with van der Waals surface area (Å²) < 4.78 is 44.8. The van der Waals surface area contributed by atoms with E-state index in [-0.39, 0.29) is 90.0 Å². The van der Waals surface area contributed by atoms with E-state index < -0.39 is 70.5 Å². The van der Waals surface area contributed by atoms with Crippen LogP contribution in [0.1, 0.15) is 72.2 Å². The highest BCUT2D eigenvalue weighted by atomic mass is 32.2. The van der Waals surface area contributed by atoms with Crippen LogP contribution in [0, 0.1) is 25.2 Å². The molecule has 1 aliphatic rings. The van der Waals surface area contributed by atoms with Gasteiger partial charge >= 0.3 is 0 Å². The third kappa shape index (κ3) is 13.8. The molecular formula is C48H62N12O10S. The molecule has 1 aromatic heterocycles. The lowest BCUT2D eigenvalue weighted by Crippen LogP contribution is -2.57. The van der Waals surface area contributed by atoms with Crippen molar-refractivity contribution in [1.82, 2.24) is 40.9 Å². The largest absolute Gasteiger partial charge is 0.492 e. The molecule has 0 unspecified atom stereocenters. The van der Waals surface area contributed by atoms with Crippen molar-refractivity contribution in [2.75, 3.05) is 53.6 Å². The van der Waals surface area contributed by atoms with Crippen LogP contribution in [0.2, 0.25) is 0 Å². The molecule has 0 spiro atoms. The van der Waals surface area contributed by atoms with Crippen molar-refractivity contribution in [2.45, 2.75) is 77.5 Å². The number of nitrogens with two attached hydrogens (primary N) is 3. The SMILES string of the molecule is COc1c(OCCN)cc2cc1-c1cc(ccc1OCCN)C[C@@H](C(=O)NCC#N)NC(=O)[C@H](C)NC(=O)[C@H]2N(C)C(=O)[C@H](CNS(N)(=O)=O)NC(=O)c1c(C)nc(-c2ccc(C(C)(C)C)cc2)nc1C. The van der Waals surface area contributed by atoms with Crippen molar-refractivity contribution in [3.63, 3.8) is 0 Å². The van der Waals surface area contributed by atoms with Crippen LogP contribution in [0.15, 0.2) is 54.6 Å². The standard InChI is InChI=1S/C48H62N12O10S/c1-26-39(27(2)56-42(55-26)30-10-12-32(13-11-30)48(4,5)6)45(63)59-36(25-54-71(52,66)67)47(65)60(7)40-31-23-34(41(68-8)38(24-31)70-20-17-51)33-21-29(9-14-37(33)69-19-16-50)22-35(44(62)53-18-15-49)58-43(61)28(3)57-46(40)64/h9-14,21,23-24,28,35-36,40,54H,16-20,22,25,50-51H2,1-8H3,(H,53,62)(H,57,64)(H,58,61)(H,59,63)(H2,52,66,67)/t28-,35-,36-,40-/m0/s1. The molecule has 11 N–H and O–H groups in total. The van der Waals surface area contributed by atoms with Gasteiger partial charge in [-0.3, -0.25) is 24.0 Å². The number of aromatic nitrogens is 2. The number of carbonyl (C=O) groups is 5. The lowest BCUT2D eigenvalue weighted by atomic mass is 9.86. The maximum atomic E-state index is 15.0. The molecule has 4 atom stereocenters. The summed E-state index contributed by atoms with van der Waals surface area (Å²) in [6.45, 7) is 9.91. The van der Waals surface area contributed by atoms with Crippen LogP contribution in [0.3, 0.4) is 0 Å². The normalized spacial score (nSPS) is 16.5. The van der Waals surface area contributed by atoms with E-state index in [1.54, 1.807) is 38.1 Å². The Hall–Kier alpha value is -7.23. The van der Waals surface area contributed by atoms with Gasteiger partial charge in [0.15, 0.2) is 17.3 Å². The maximum Gasteiger partial charge on any atom is 0.274 e. The number of hydrogen-bond acceptors (Lipinski definition) is 15. The molecule has 0 radical (unpaired) electrons. The number of hydrogen-bond donors (Lipinski definition) is 8. The Morgan fingerprint density at radius 1 is 0.930 bits per heavy atom. The minimum atomic E-state index is -4.47. The molecular weight excluding hydrogens is 937 g/mol. The van der Waals surface area contributed by atoms with Gasteiger partial charge in [0.05, 0.1) is 30.1 Å². The number of amides is 5. The first kappa shape index (κ1) is 54.7. The summed E-state index contributed by atoms with van der Waals surface area (Å²) in [5, 5.41) is 24.9. The van der Waals surface area contributed by atoms with E-state index in [1.807, 2.05) is 30.3 Å². The molecule has 4 aromatic rings. The zero-order valence-corrected chi connectivity index (χ0v) is 41.8. The number of nitrogens with zero attached hydrogens (tertiary/aromatic N) is 4. The molecule has 71 heavy (non-hydrogen) atoms. The van der Waals surface area contributed by atoms with Crippen LogP contribution in [0.25, 0.3) is 22.5 Å². The molecule has 23 heteroatoms. The van der Waals surface area contributed by atoms with Crippen molar-refractivity contribution in [2.24, 2.45) is 16.6 Å². The van der Waals surface area contributed by atoms with Crippen molar-refractivity contribution in [3.8, 4) is 45.8 Å². The number of fused-ring (bicyclic) bond motifs is 5. The van der Waals surface area contributed by atoms with E-state index >= 15 is 0 Å². The highest BCUT2D eigenvalue weighted by Crippen LogP contribution is 2.45. The number of ether oxygens (including phenoxy) is 3. The zero-order valence-electron chi connectivity index (χ0n) is 41.0. The summed E-state index contributed by atoms with van der Waals surface area (Å²) in [5.41, 5.74) is 15.1. The lowest BCUT2D eigenvalue weighted by molar-refractivity contribution is -0.141. The van der Waals surface area contributed by atoms with Gasteiger partial charge in [0.1, 0.15) is 49.7 Å². The number of methoxy groups -OCH3 is 1. The van der Waals surface area contributed by atoms with Gasteiger partial charge in [0.2, 0.25) is 23.6 Å². The van der Waals surface area contributed by atoms with E-state index in [2.05, 4.69) is 56.7 Å². The van der Waals surface area contributed by atoms with Gasteiger partial charge in [0, 0.05) is 49.8 Å². The predicted octanol–water partition coefficient (Wildman–Crippen LogP) is 0.685. The fraction of sp³-hybridized carbons (Fsp3) is 0.417. The zero-order chi connectivity index (χ0) is 52.4. The first-order chi connectivity index (χ1) is 33.5. The molecule has 4 bridgehead atoms. The van der Waals surface area contributed by atoms with Crippen LogP contribution in [0.4, 0.5) is 0 Å². The van der Waals surface area contributed by atoms with Gasteiger partial charge in [0.25, 0.3) is 16.1 Å². The highest BCUT2D eigenvalue weighted by molar-refractivity contribution is 7.87. The third-order valence-electron chi connectivity index (χ3n) is 11.4. The van der Waals surface area contributed by atoms with E-state index in [4.69, 9.17) is 30.8 Å². The van der Waals surface area contributed by atoms with E-state index in [9.17, 15) is 37.7 Å². The number of carbonyl (C=O) groups excluding carboxylic acids is 5. The van der Waals surface area contributed by atoms with Gasteiger partial charge in [-0.1, -0.05) is 51.1 Å². The van der Waals surface area contributed by atoms with Gasteiger partial charge in [-0.05, 0) is 67.1 Å². The fourth-order valence-corrected chi connectivity index (χ4v) is 8.27. The summed E-state index contributed by atoms with van der Waals surface area (Å²) in [6.07, 6.45) is -0.0767. The van der Waals surface area contributed by atoms with E-state index in [0.29, 0.717) is 22.5 Å². The highest BCUT2D eigenvalue weighted by Gasteiger charge is 2.38. The number of rotatable bonds is 17. The third-order valence-corrected chi connectivity index (χ3v) is 12.0. The molecule has 22 nitrogen and oxygen atoms in total. The molecule has 380 valence electrons. The maximum absolute atomic E-state index is 15.0. The van der Waals surface area contributed by atoms with Crippen molar-refractivity contribution < 1.29 is 46.6 Å². The predicted molar refractivity (Wildman–Crippen MR) is 263 cm³/mol. The second-order valence-corrected chi connectivity index (χ2v) is 19.1. The fourth-order valence-electron chi connectivity index (χ4n) is 7.87. The topological polar surface area (TPSA) is 338 Å². The second kappa shape index (κ2) is 23.6. The monoisotopic (exact) mass is 998 g/mol. The second-order valence-electron chi connectivity index (χ2n) is 17.8. The first-order valence-corrected chi connectivity index (χ1v) is 24.1. The smallest absolute Gasteiger partial charge is 0.274 e. The number of nitriles is 1. The first-order valence-electron chi connectivity index (χ1n) is 22.6. The van der Waals surface area contributed by atoms with Gasteiger partial charge in [-0.25, -0.2) is 15.1 Å². The molecule has 2 heterocycles. The Morgan fingerprint density at radius 2 is 1.56 bits per heavy atom. The van der Waals surface area contributed by atoms with Gasteiger partial charge < -0.3 is 51.8 Å².